The van der Waals surface area contributed by atoms with Gasteiger partial charge in [0.25, 0.3) is 0 Å². The normalized spacial score (nSPS) is 22.8. The average Bonchev–Trinajstić information content (AvgIpc) is 3.82. The highest BCUT2D eigenvalue weighted by Crippen LogP contribution is 2.60. The Bertz CT molecular complexity index is 1830. The van der Waals surface area contributed by atoms with Crippen LogP contribution >= 0.6 is 0 Å². The standard InChI is InChI=1S/C44H56N6O4/c1-41(2,3)35(49-39(51)31-23-43(31)15-19-53-20-16-43)37-45-25-33(47-37)29-11-7-27(8-12-29)28-9-13-30(14-10-28)34-26-46-38(48-34)36(42(4,5)6)50-40(52)32-24-44(32)17-21-54-22-18-44/h7-14,25-26,31-32,35-36H,15-24H2,1-6H3,(H,45,47)(H,46,48)(H,49,51)(H,50,52)/t31?,32?,35-,36?/m1/s1. The fourth-order valence-corrected chi connectivity index (χ4v) is 8.92. The van der Waals surface area contributed by atoms with E-state index < -0.39 is 0 Å². The maximum Gasteiger partial charge on any atom is 0.224 e. The lowest BCUT2D eigenvalue weighted by Crippen LogP contribution is -2.39. The molecular formula is C44H56N6O4. The van der Waals surface area contributed by atoms with Gasteiger partial charge in [0.2, 0.25) is 11.8 Å². The number of aromatic amines is 2. The molecule has 4 aliphatic rings. The highest BCUT2D eigenvalue weighted by atomic mass is 16.5. The number of carbonyl (C=O) groups is 2. The number of carbonyl (C=O) groups excluding carboxylic acids is 2. The summed E-state index contributed by atoms with van der Waals surface area (Å²) in [5, 5.41) is 6.71. The number of benzene rings is 2. The number of rotatable bonds is 9. The van der Waals surface area contributed by atoms with Gasteiger partial charge in [0.05, 0.1) is 35.9 Å². The lowest BCUT2D eigenvalue weighted by atomic mass is 9.85. The minimum Gasteiger partial charge on any atom is -0.381 e. The fraction of sp³-hybridized carbons (Fsp3) is 0.545. The van der Waals surface area contributed by atoms with Crippen LogP contribution in [-0.4, -0.2) is 58.2 Å². The summed E-state index contributed by atoms with van der Waals surface area (Å²) in [5.74, 6) is 1.95. The summed E-state index contributed by atoms with van der Waals surface area (Å²) >= 11 is 0. The molecule has 3 unspecified atom stereocenters. The number of aromatic nitrogens is 4. The second-order valence-corrected chi connectivity index (χ2v) is 18.6. The molecule has 4 fully saturated rings. The molecule has 2 aromatic carbocycles. The minimum atomic E-state index is -0.231. The van der Waals surface area contributed by atoms with Crippen LogP contribution in [0.15, 0.2) is 60.9 Å². The van der Waals surface area contributed by atoms with Crippen molar-refractivity contribution in [2.75, 3.05) is 26.4 Å². The van der Waals surface area contributed by atoms with Crippen LogP contribution in [0.1, 0.15) is 104 Å². The van der Waals surface area contributed by atoms with Gasteiger partial charge in [-0.05, 0) is 82.4 Å². The molecule has 0 radical (unpaired) electrons. The van der Waals surface area contributed by atoms with E-state index in [9.17, 15) is 9.59 Å². The smallest absolute Gasteiger partial charge is 0.224 e. The van der Waals surface area contributed by atoms with Gasteiger partial charge in [-0.1, -0.05) is 90.1 Å². The van der Waals surface area contributed by atoms with E-state index in [1.807, 2.05) is 12.4 Å². The maximum atomic E-state index is 13.4. The van der Waals surface area contributed by atoms with Crippen LogP contribution in [0.2, 0.25) is 0 Å². The fourth-order valence-electron chi connectivity index (χ4n) is 8.92. The summed E-state index contributed by atoms with van der Waals surface area (Å²) in [5.41, 5.74) is 5.95. The molecule has 10 nitrogen and oxygen atoms in total. The molecular weight excluding hydrogens is 677 g/mol. The van der Waals surface area contributed by atoms with Crippen molar-refractivity contribution in [3.8, 4) is 33.6 Å². The van der Waals surface area contributed by atoms with Crippen LogP contribution in [0.4, 0.5) is 0 Å². The highest BCUT2D eigenvalue weighted by molar-refractivity contribution is 5.83. The molecule has 54 heavy (non-hydrogen) atoms. The Morgan fingerprint density at radius 2 is 0.944 bits per heavy atom. The number of ether oxygens (including phenoxy) is 2. The van der Waals surface area contributed by atoms with E-state index in [-0.39, 0.29) is 57.4 Å². The Morgan fingerprint density at radius 3 is 1.28 bits per heavy atom. The van der Waals surface area contributed by atoms with Gasteiger partial charge in [0.1, 0.15) is 11.6 Å². The van der Waals surface area contributed by atoms with Crippen molar-refractivity contribution >= 4 is 11.8 Å². The molecule has 2 aliphatic carbocycles. The number of hydrogen-bond acceptors (Lipinski definition) is 6. The zero-order valence-corrected chi connectivity index (χ0v) is 32.7. The lowest BCUT2D eigenvalue weighted by Gasteiger charge is -2.31. The summed E-state index contributed by atoms with van der Waals surface area (Å²) < 4.78 is 11.1. The summed E-state index contributed by atoms with van der Waals surface area (Å²) in [4.78, 5) is 43.4. The third-order valence-electron chi connectivity index (χ3n) is 12.8. The summed E-state index contributed by atoms with van der Waals surface area (Å²) in [6.07, 6.45) is 9.53. The van der Waals surface area contributed by atoms with Crippen molar-refractivity contribution in [3.63, 3.8) is 0 Å². The number of H-pyrrole nitrogens is 2. The van der Waals surface area contributed by atoms with Gasteiger partial charge in [-0.25, -0.2) is 9.97 Å². The Morgan fingerprint density at radius 1 is 0.611 bits per heavy atom. The van der Waals surface area contributed by atoms with Gasteiger partial charge in [0, 0.05) is 38.3 Å². The molecule has 2 aliphatic heterocycles. The minimum absolute atomic E-state index is 0.0665. The Kier molecular flexibility index (Phi) is 9.36. The van der Waals surface area contributed by atoms with Crippen LogP contribution < -0.4 is 10.6 Å². The van der Waals surface area contributed by atoms with Gasteiger partial charge in [0.15, 0.2) is 0 Å². The Hall–Kier alpha value is -4.28. The molecule has 2 spiro atoms. The van der Waals surface area contributed by atoms with Crippen LogP contribution in [0.3, 0.4) is 0 Å². The van der Waals surface area contributed by atoms with Crippen molar-refractivity contribution in [1.29, 1.82) is 0 Å². The van der Waals surface area contributed by atoms with Gasteiger partial charge in [-0.2, -0.15) is 0 Å². The molecule has 0 bridgehead atoms. The van der Waals surface area contributed by atoms with E-state index >= 15 is 0 Å². The number of hydrogen-bond donors (Lipinski definition) is 4. The first kappa shape index (κ1) is 36.7. The monoisotopic (exact) mass is 732 g/mol. The second kappa shape index (κ2) is 13.8. The van der Waals surface area contributed by atoms with E-state index in [2.05, 4.69) is 111 Å². The molecule has 2 aromatic heterocycles. The van der Waals surface area contributed by atoms with Crippen molar-refractivity contribution < 1.29 is 19.1 Å². The first-order valence-electron chi connectivity index (χ1n) is 19.8. The molecule has 2 saturated carbocycles. The summed E-state index contributed by atoms with van der Waals surface area (Å²) in [6.45, 7) is 15.9. The molecule has 4 aromatic rings. The van der Waals surface area contributed by atoms with E-state index in [4.69, 9.17) is 19.4 Å². The molecule has 8 rings (SSSR count). The molecule has 2 amide bonds. The van der Waals surface area contributed by atoms with E-state index in [0.717, 1.165) is 110 Å². The highest BCUT2D eigenvalue weighted by Gasteiger charge is 2.59. The quantitative estimate of drug-likeness (QED) is 0.137. The average molecular weight is 733 g/mol. The summed E-state index contributed by atoms with van der Waals surface area (Å²) in [7, 11) is 0. The predicted molar refractivity (Wildman–Crippen MR) is 209 cm³/mol. The third-order valence-corrected chi connectivity index (χ3v) is 12.8. The van der Waals surface area contributed by atoms with Crippen LogP contribution in [0.25, 0.3) is 33.6 Å². The Labute approximate surface area is 319 Å². The van der Waals surface area contributed by atoms with Gasteiger partial charge in [-0.3, -0.25) is 9.59 Å². The third kappa shape index (κ3) is 7.27. The number of nitrogens with one attached hydrogen (secondary N) is 4. The van der Waals surface area contributed by atoms with E-state index in [1.54, 1.807) is 0 Å². The van der Waals surface area contributed by atoms with Crippen molar-refractivity contribution in [2.45, 2.75) is 92.2 Å². The molecule has 4 heterocycles. The predicted octanol–water partition coefficient (Wildman–Crippen LogP) is 8.17. The lowest BCUT2D eigenvalue weighted by molar-refractivity contribution is -0.126. The van der Waals surface area contributed by atoms with Gasteiger partial charge < -0.3 is 30.1 Å². The van der Waals surface area contributed by atoms with Crippen molar-refractivity contribution in [2.24, 2.45) is 33.5 Å². The number of nitrogens with zero attached hydrogens (tertiary/aromatic N) is 2. The maximum absolute atomic E-state index is 13.4. The van der Waals surface area contributed by atoms with Crippen LogP contribution in [0.5, 0.6) is 0 Å². The largest absolute Gasteiger partial charge is 0.381 e. The molecule has 4 N–H and O–H groups in total. The second-order valence-electron chi connectivity index (χ2n) is 18.6. The van der Waals surface area contributed by atoms with Crippen LogP contribution in [0, 0.1) is 33.5 Å². The van der Waals surface area contributed by atoms with Gasteiger partial charge in [-0.15, -0.1) is 0 Å². The number of amides is 2. The SMILES string of the molecule is CC(C)(C)C(NC(=O)C1CC12CCOCC2)c1ncc(-c2ccc(-c3ccc(-c4cnc([C@@H](NC(=O)C5CC56CCOCC6)C(C)(C)C)[nH]4)cc3)cc2)[nH]1. The topological polar surface area (TPSA) is 134 Å². The molecule has 286 valence electrons. The Balaban J connectivity index is 0.916. The zero-order chi connectivity index (χ0) is 37.9. The van der Waals surface area contributed by atoms with E-state index in [0.29, 0.717) is 0 Å². The zero-order valence-electron chi connectivity index (χ0n) is 32.7. The number of imidazole rings is 2. The molecule has 2 saturated heterocycles. The van der Waals surface area contributed by atoms with Crippen molar-refractivity contribution in [3.05, 3.63) is 72.6 Å². The van der Waals surface area contributed by atoms with Crippen LogP contribution in [-0.2, 0) is 19.1 Å². The van der Waals surface area contributed by atoms with Crippen molar-refractivity contribution in [1.82, 2.24) is 30.6 Å². The summed E-state index contributed by atoms with van der Waals surface area (Å²) in [6, 6.07) is 16.5. The first-order valence-corrected chi connectivity index (χ1v) is 19.8. The van der Waals surface area contributed by atoms with E-state index in [1.165, 1.54) is 0 Å². The van der Waals surface area contributed by atoms with Gasteiger partial charge >= 0.3 is 0 Å². The molecule has 4 atom stereocenters. The molecule has 10 heteroatoms. The first-order chi connectivity index (χ1) is 25.7.